The average Bonchev–Trinajstić information content (AvgIpc) is 2.49. The molecule has 0 spiro atoms. The molecule has 2 fully saturated rings. The molecule has 0 amide bonds. The van der Waals surface area contributed by atoms with Crippen LogP contribution in [0, 0.1) is 0 Å². The summed E-state index contributed by atoms with van der Waals surface area (Å²) in [6.45, 7) is 3.60. The minimum atomic E-state index is -0.378. The number of cyclic esters (lactones) is 1. The lowest BCUT2D eigenvalue weighted by Gasteiger charge is -2.51. The van der Waals surface area contributed by atoms with Crippen molar-refractivity contribution in [3.05, 3.63) is 35.9 Å². The number of nitrogens with zero attached hydrogens (tertiary/aromatic N) is 1. The largest absolute Gasteiger partial charge is 0.462 e. The molecule has 2 heterocycles. The number of carbonyl (C=O) groups is 1. The Morgan fingerprint density at radius 2 is 2.11 bits per heavy atom. The third kappa shape index (κ3) is 1.96. The Hall–Kier alpha value is -1.35. The highest BCUT2D eigenvalue weighted by Crippen LogP contribution is 2.42. The summed E-state index contributed by atoms with van der Waals surface area (Å²) in [5.74, 6) is -0.0121. The number of morpholine rings is 1. The monoisotopic (exact) mass is 259 g/mol. The highest BCUT2D eigenvalue weighted by molar-refractivity contribution is 5.82. The van der Waals surface area contributed by atoms with Crippen molar-refractivity contribution in [1.82, 2.24) is 4.90 Å². The van der Waals surface area contributed by atoms with Crippen LogP contribution in [0.25, 0.3) is 0 Å². The lowest BCUT2D eigenvalue weighted by molar-refractivity contribution is -0.181. The number of fused-ring (bicyclic) bond motifs is 1. The minimum Gasteiger partial charge on any atom is -0.462 e. The van der Waals surface area contributed by atoms with Crippen molar-refractivity contribution >= 4 is 5.97 Å². The van der Waals surface area contributed by atoms with E-state index in [4.69, 9.17) is 4.74 Å². The number of hydrogen-bond donors (Lipinski definition) is 0. The molecule has 2 aliphatic rings. The van der Waals surface area contributed by atoms with Gasteiger partial charge in [-0.2, -0.15) is 0 Å². The van der Waals surface area contributed by atoms with Gasteiger partial charge in [0.05, 0.1) is 6.04 Å². The molecule has 1 aromatic rings. The first-order valence-corrected chi connectivity index (χ1v) is 7.27. The van der Waals surface area contributed by atoms with Crippen molar-refractivity contribution in [3.63, 3.8) is 0 Å². The predicted octanol–water partition coefficient (Wildman–Crippen LogP) is 2.92. The normalized spacial score (nSPS) is 31.6. The maximum absolute atomic E-state index is 12.3. The number of piperidine rings is 1. The van der Waals surface area contributed by atoms with E-state index < -0.39 is 0 Å². The van der Waals surface area contributed by atoms with E-state index in [9.17, 15) is 4.79 Å². The van der Waals surface area contributed by atoms with Gasteiger partial charge in [0.25, 0.3) is 0 Å². The molecule has 102 valence electrons. The topological polar surface area (TPSA) is 29.5 Å². The standard InChI is InChI=1S/C16H21NO2/c1-2-16-10-6-7-11-17(16)14(12-19-15(16)18)13-8-4-3-5-9-13/h3-5,8-9,14H,2,6-7,10-12H2,1H3/t14-,16-/m0/s1. The van der Waals surface area contributed by atoms with E-state index in [2.05, 4.69) is 36.1 Å². The molecule has 19 heavy (non-hydrogen) atoms. The first-order chi connectivity index (χ1) is 9.28. The highest BCUT2D eigenvalue weighted by Gasteiger charge is 2.51. The molecule has 0 unspecified atom stereocenters. The zero-order valence-electron chi connectivity index (χ0n) is 11.5. The molecule has 3 heteroatoms. The van der Waals surface area contributed by atoms with Gasteiger partial charge in [0.1, 0.15) is 12.1 Å². The van der Waals surface area contributed by atoms with Crippen LogP contribution in [0.1, 0.15) is 44.2 Å². The number of ether oxygens (including phenoxy) is 1. The number of rotatable bonds is 2. The summed E-state index contributed by atoms with van der Waals surface area (Å²) in [4.78, 5) is 14.7. The summed E-state index contributed by atoms with van der Waals surface area (Å²) in [7, 11) is 0. The predicted molar refractivity (Wildman–Crippen MR) is 73.7 cm³/mol. The van der Waals surface area contributed by atoms with Crippen LogP contribution in [-0.2, 0) is 9.53 Å². The Balaban J connectivity index is 1.97. The summed E-state index contributed by atoms with van der Waals surface area (Å²) in [6, 6.07) is 10.6. The van der Waals surface area contributed by atoms with Gasteiger partial charge in [0.15, 0.2) is 0 Å². The summed E-state index contributed by atoms with van der Waals surface area (Å²) in [6.07, 6.45) is 4.08. The van der Waals surface area contributed by atoms with Gasteiger partial charge in [0.2, 0.25) is 0 Å². The van der Waals surface area contributed by atoms with Gasteiger partial charge in [-0.1, -0.05) is 37.3 Å². The maximum Gasteiger partial charge on any atom is 0.326 e. The summed E-state index contributed by atoms with van der Waals surface area (Å²) in [5, 5.41) is 0. The fraction of sp³-hybridized carbons (Fsp3) is 0.562. The zero-order chi connectivity index (χ0) is 13.3. The van der Waals surface area contributed by atoms with Gasteiger partial charge in [-0.3, -0.25) is 9.69 Å². The zero-order valence-corrected chi connectivity index (χ0v) is 11.5. The smallest absolute Gasteiger partial charge is 0.326 e. The molecule has 0 N–H and O–H groups in total. The number of carbonyl (C=O) groups excluding carboxylic acids is 1. The fourth-order valence-electron chi connectivity index (χ4n) is 3.59. The Bertz CT molecular complexity index is 459. The first-order valence-electron chi connectivity index (χ1n) is 7.27. The molecule has 0 saturated carbocycles. The third-order valence-corrected chi connectivity index (χ3v) is 4.69. The average molecular weight is 259 g/mol. The molecule has 3 nitrogen and oxygen atoms in total. The van der Waals surface area contributed by atoms with Gasteiger partial charge in [-0.15, -0.1) is 0 Å². The molecule has 2 saturated heterocycles. The van der Waals surface area contributed by atoms with E-state index in [1.807, 2.05) is 6.07 Å². The van der Waals surface area contributed by atoms with E-state index in [-0.39, 0.29) is 17.6 Å². The molecule has 2 atom stereocenters. The van der Waals surface area contributed by atoms with Crippen LogP contribution in [0.3, 0.4) is 0 Å². The van der Waals surface area contributed by atoms with Crippen LogP contribution in [0.4, 0.5) is 0 Å². The highest BCUT2D eigenvalue weighted by atomic mass is 16.5. The summed E-state index contributed by atoms with van der Waals surface area (Å²) in [5.41, 5.74) is 0.881. The SMILES string of the molecule is CC[C@@]12CCCCN1[C@H](c1ccccc1)COC2=O. The molecule has 0 aromatic heterocycles. The first kappa shape index (κ1) is 12.7. The van der Waals surface area contributed by atoms with Crippen LogP contribution >= 0.6 is 0 Å². The summed E-state index contributed by atoms with van der Waals surface area (Å²) < 4.78 is 5.53. The van der Waals surface area contributed by atoms with Gasteiger partial charge in [-0.05, 0) is 31.2 Å². The van der Waals surface area contributed by atoms with E-state index in [0.29, 0.717) is 6.61 Å². The second kappa shape index (κ2) is 4.97. The van der Waals surface area contributed by atoms with Gasteiger partial charge in [-0.25, -0.2) is 0 Å². The van der Waals surface area contributed by atoms with Crippen molar-refractivity contribution in [1.29, 1.82) is 0 Å². The third-order valence-electron chi connectivity index (χ3n) is 4.69. The van der Waals surface area contributed by atoms with E-state index in [1.165, 1.54) is 12.0 Å². The second-order valence-electron chi connectivity index (χ2n) is 5.56. The molecular weight excluding hydrogens is 238 g/mol. The molecule has 0 aliphatic carbocycles. The Morgan fingerprint density at radius 3 is 2.84 bits per heavy atom. The molecule has 3 rings (SSSR count). The second-order valence-corrected chi connectivity index (χ2v) is 5.56. The van der Waals surface area contributed by atoms with Gasteiger partial charge >= 0.3 is 5.97 Å². The van der Waals surface area contributed by atoms with E-state index in [0.717, 1.165) is 25.8 Å². The number of esters is 1. The molecule has 0 bridgehead atoms. The lowest BCUT2D eigenvalue weighted by atomic mass is 9.81. The van der Waals surface area contributed by atoms with Gasteiger partial charge in [0, 0.05) is 6.54 Å². The van der Waals surface area contributed by atoms with Crippen LogP contribution in [0.5, 0.6) is 0 Å². The summed E-state index contributed by atoms with van der Waals surface area (Å²) >= 11 is 0. The lowest BCUT2D eigenvalue weighted by Crippen LogP contribution is -2.62. The molecular formula is C16H21NO2. The quantitative estimate of drug-likeness (QED) is 0.765. The van der Waals surface area contributed by atoms with Crippen LogP contribution in [0.15, 0.2) is 30.3 Å². The van der Waals surface area contributed by atoms with Crippen LogP contribution < -0.4 is 0 Å². The van der Waals surface area contributed by atoms with Crippen LogP contribution in [-0.4, -0.2) is 29.6 Å². The van der Waals surface area contributed by atoms with Crippen LogP contribution in [0.2, 0.25) is 0 Å². The van der Waals surface area contributed by atoms with Crippen molar-refractivity contribution in [2.45, 2.75) is 44.2 Å². The van der Waals surface area contributed by atoms with Crippen molar-refractivity contribution in [3.8, 4) is 0 Å². The number of benzene rings is 1. The minimum absolute atomic E-state index is 0.0121. The Morgan fingerprint density at radius 1 is 1.32 bits per heavy atom. The van der Waals surface area contributed by atoms with Crippen molar-refractivity contribution in [2.75, 3.05) is 13.2 Å². The fourth-order valence-corrected chi connectivity index (χ4v) is 3.59. The molecule has 2 aliphatic heterocycles. The number of hydrogen-bond acceptors (Lipinski definition) is 3. The van der Waals surface area contributed by atoms with E-state index >= 15 is 0 Å². The van der Waals surface area contributed by atoms with Gasteiger partial charge < -0.3 is 4.74 Å². The maximum atomic E-state index is 12.3. The molecule has 0 radical (unpaired) electrons. The van der Waals surface area contributed by atoms with Crippen molar-refractivity contribution < 1.29 is 9.53 Å². The molecule has 1 aromatic carbocycles. The van der Waals surface area contributed by atoms with E-state index in [1.54, 1.807) is 0 Å². The Kier molecular flexibility index (Phi) is 3.31. The van der Waals surface area contributed by atoms with Crippen molar-refractivity contribution in [2.24, 2.45) is 0 Å². The Labute approximate surface area is 114 Å².